The van der Waals surface area contributed by atoms with Crippen molar-refractivity contribution in [2.45, 2.75) is 33.1 Å². The van der Waals surface area contributed by atoms with Gasteiger partial charge in [0.25, 0.3) is 0 Å². The Morgan fingerprint density at radius 1 is 1.39 bits per heavy atom. The van der Waals surface area contributed by atoms with Crippen LogP contribution in [0.15, 0.2) is 34.6 Å². The molecule has 4 heteroatoms. The lowest BCUT2D eigenvalue weighted by molar-refractivity contribution is -0.682. The molecule has 0 N–H and O–H groups in total. The molecular formula is C19H22N3O+. The Morgan fingerprint density at radius 3 is 2.70 bits per heavy atom. The van der Waals surface area contributed by atoms with Gasteiger partial charge in [-0.3, -0.25) is 0 Å². The van der Waals surface area contributed by atoms with E-state index in [4.69, 9.17) is 11.0 Å². The van der Waals surface area contributed by atoms with Gasteiger partial charge in [-0.25, -0.2) is 4.85 Å². The van der Waals surface area contributed by atoms with E-state index in [1.807, 2.05) is 30.7 Å². The lowest BCUT2D eigenvalue weighted by Crippen LogP contribution is -2.33. The second kappa shape index (κ2) is 5.27. The van der Waals surface area contributed by atoms with E-state index in [1.165, 1.54) is 16.9 Å². The Kier molecular flexibility index (Phi) is 3.52. The molecule has 118 valence electrons. The van der Waals surface area contributed by atoms with E-state index >= 15 is 0 Å². The predicted molar refractivity (Wildman–Crippen MR) is 91.3 cm³/mol. The highest BCUT2D eigenvalue weighted by molar-refractivity contribution is 5.77. The summed E-state index contributed by atoms with van der Waals surface area (Å²) in [4.78, 5) is 5.89. The Bertz CT molecular complexity index is 837. The second-order valence-electron chi connectivity index (χ2n) is 6.49. The zero-order valence-corrected chi connectivity index (χ0v) is 14.3. The molecule has 2 aromatic rings. The van der Waals surface area contributed by atoms with Crippen molar-refractivity contribution in [2.75, 3.05) is 11.4 Å². The van der Waals surface area contributed by atoms with E-state index in [1.54, 1.807) is 6.26 Å². The summed E-state index contributed by atoms with van der Waals surface area (Å²) in [6.07, 6.45) is 3.89. The van der Waals surface area contributed by atoms with E-state index in [2.05, 4.69) is 42.7 Å². The van der Waals surface area contributed by atoms with Crippen LogP contribution in [0.4, 0.5) is 11.4 Å². The normalized spacial score (nSPS) is 17.4. The molecule has 3 rings (SSSR count). The van der Waals surface area contributed by atoms with Gasteiger partial charge in [-0.2, -0.15) is 4.57 Å². The van der Waals surface area contributed by atoms with E-state index in [-0.39, 0.29) is 5.41 Å². The molecular weight excluding hydrogens is 286 g/mol. The fourth-order valence-electron chi connectivity index (χ4n) is 3.26. The highest BCUT2D eigenvalue weighted by Gasteiger charge is 2.40. The molecule has 0 atom stereocenters. The molecule has 0 fully saturated rings. The molecule has 1 aliphatic heterocycles. The molecule has 0 saturated heterocycles. The van der Waals surface area contributed by atoms with Crippen molar-refractivity contribution in [3.05, 3.63) is 58.7 Å². The number of anilines is 1. The van der Waals surface area contributed by atoms with Crippen LogP contribution in [-0.2, 0) is 12.5 Å². The van der Waals surface area contributed by atoms with Crippen molar-refractivity contribution in [1.29, 1.82) is 0 Å². The molecule has 0 radical (unpaired) electrons. The van der Waals surface area contributed by atoms with Crippen LogP contribution in [0.5, 0.6) is 0 Å². The zero-order valence-electron chi connectivity index (χ0n) is 14.3. The van der Waals surface area contributed by atoms with Gasteiger partial charge < -0.3 is 9.32 Å². The first-order valence-electron chi connectivity index (χ1n) is 7.86. The maximum absolute atomic E-state index is 7.27. The van der Waals surface area contributed by atoms with Crippen molar-refractivity contribution in [3.63, 3.8) is 0 Å². The summed E-state index contributed by atoms with van der Waals surface area (Å²) < 4.78 is 7.74. The predicted octanol–water partition coefficient (Wildman–Crippen LogP) is 4.12. The monoisotopic (exact) mass is 308 g/mol. The molecule has 0 saturated carbocycles. The quantitative estimate of drug-likeness (QED) is 0.616. The molecule has 1 aromatic heterocycles. The van der Waals surface area contributed by atoms with Crippen LogP contribution >= 0.6 is 0 Å². The van der Waals surface area contributed by atoms with Crippen molar-refractivity contribution < 1.29 is 8.98 Å². The molecule has 0 amide bonds. The third-order valence-electron chi connectivity index (χ3n) is 4.79. The van der Waals surface area contributed by atoms with Crippen molar-refractivity contribution in [1.82, 2.24) is 0 Å². The summed E-state index contributed by atoms with van der Waals surface area (Å²) in [6, 6.07) is 5.96. The van der Waals surface area contributed by atoms with Gasteiger partial charge in [0.2, 0.25) is 5.69 Å². The summed E-state index contributed by atoms with van der Waals surface area (Å²) in [7, 11) is 2.01. The van der Waals surface area contributed by atoms with Crippen LogP contribution < -0.4 is 9.47 Å². The summed E-state index contributed by atoms with van der Waals surface area (Å²) in [5.41, 5.74) is 5.19. The highest BCUT2D eigenvalue weighted by Crippen LogP contribution is 2.49. The van der Waals surface area contributed by atoms with Crippen LogP contribution in [0.1, 0.15) is 37.9 Å². The third kappa shape index (κ3) is 2.24. The number of nitrogens with zero attached hydrogens (tertiary/aromatic N) is 3. The van der Waals surface area contributed by atoms with E-state index < -0.39 is 0 Å². The van der Waals surface area contributed by atoms with E-state index in [0.29, 0.717) is 5.69 Å². The van der Waals surface area contributed by atoms with Gasteiger partial charge in [0, 0.05) is 30.3 Å². The smallest absolute Gasteiger partial charge is 0.374 e. The largest absolute Gasteiger partial charge is 0.406 e. The highest BCUT2D eigenvalue weighted by atomic mass is 16.3. The summed E-state index contributed by atoms with van der Waals surface area (Å²) >= 11 is 0. The summed E-state index contributed by atoms with van der Waals surface area (Å²) in [6.45, 7) is 16.7. The van der Waals surface area contributed by atoms with E-state index in [0.717, 1.165) is 18.1 Å². The van der Waals surface area contributed by atoms with Crippen LogP contribution in [-0.4, -0.2) is 6.54 Å². The number of aryl methyl sites for hydroxylation is 1. The lowest BCUT2D eigenvalue weighted by atomic mass is 9.83. The second-order valence-corrected chi connectivity index (χ2v) is 6.49. The third-order valence-corrected chi connectivity index (χ3v) is 4.79. The molecule has 0 aliphatic carbocycles. The number of oxazole rings is 1. The summed E-state index contributed by atoms with van der Waals surface area (Å²) in [5, 5.41) is 0. The zero-order chi connectivity index (χ0) is 16.8. The van der Waals surface area contributed by atoms with Crippen LogP contribution in [0.25, 0.3) is 10.9 Å². The minimum absolute atomic E-state index is 0.167. The van der Waals surface area contributed by atoms with Gasteiger partial charge in [-0.1, -0.05) is 26.0 Å². The molecule has 4 nitrogen and oxygen atoms in total. The molecule has 23 heavy (non-hydrogen) atoms. The van der Waals surface area contributed by atoms with Crippen LogP contribution in [0.3, 0.4) is 0 Å². The topological polar surface area (TPSA) is 24.6 Å². The number of likely N-dealkylation sites (N-methyl/N-ethyl adjacent to an activating group) is 1. The van der Waals surface area contributed by atoms with Crippen LogP contribution in [0.2, 0.25) is 0 Å². The van der Waals surface area contributed by atoms with Gasteiger partial charge in [0.15, 0.2) is 12.0 Å². The molecule has 0 unspecified atom stereocenters. The van der Waals surface area contributed by atoms with Gasteiger partial charge in [0.1, 0.15) is 7.05 Å². The Labute approximate surface area is 137 Å². The molecule has 0 bridgehead atoms. The molecule has 1 aromatic carbocycles. The lowest BCUT2D eigenvalue weighted by Gasteiger charge is -2.25. The van der Waals surface area contributed by atoms with Gasteiger partial charge in [-0.05, 0) is 18.6 Å². The molecule has 1 aliphatic rings. The van der Waals surface area contributed by atoms with Crippen molar-refractivity contribution in [3.8, 4) is 0 Å². The maximum Gasteiger partial charge on any atom is 0.374 e. The Morgan fingerprint density at radius 2 is 2.13 bits per heavy atom. The van der Waals surface area contributed by atoms with Gasteiger partial charge >= 0.3 is 5.89 Å². The van der Waals surface area contributed by atoms with Gasteiger partial charge in [0.05, 0.1) is 12.6 Å². The van der Waals surface area contributed by atoms with Crippen LogP contribution in [0, 0.1) is 13.5 Å². The minimum atomic E-state index is -0.167. The van der Waals surface area contributed by atoms with E-state index in [9.17, 15) is 0 Å². The number of aromatic nitrogens is 1. The number of hydrogen-bond donors (Lipinski definition) is 0. The number of allylic oxidation sites excluding steroid dienone is 1. The first kappa shape index (κ1) is 15.4. The molecule has 0 spiro atoms. The SMILES string of the molecule is [C-]#[N+]c1ccc2c(c1)C(C)(C)C(=Cc1occ(C)[n+]1C)N2CC. The summed E-state index contributed by atoms with van der Waals surface area (Å²) in [5.74, 6) is 0.835. The van der Waals surface area contributed by atoms with Gasteiger partial charge in [-0.15, -0.1) is 0 Å². The number of hydrogen-bond acceptors (Lipinski definition) is 2. The standard InChI is InChI=1S/C19H22N3O/c1-7-22-16-9-8-14(20-5)10-15(16)19(3,4)17(22)11-18-21(6)13(2)12-23-18/h8-12H,7H2,1-4,6H3/q+1. The number of rotatable bonds is 2. The minimum Gasteiger partial charge on any atom is -0.406 e. The first-order chi connectivity index (χ1) is 10.9. The fraction of sp³-hybridized carbons (Fsp3) is 0.368. The Balaban J connectivity index is 2.19. The van der Waals surface area contributed by atoms with Crippen molar-refractivity contribution in [2.24, 2.45) is 7.05 Å². The number of benzene rings is 1. The fourth-order valence-corrected chi connectivity index (χ4v) is 3.26. The Hall–Kier alpha value is -2.54. The first-order valence-corrected chi connectivity index (χ1v) is 7.86. The maximum atomic E-state index is 7.27. The number of fused-ring (bicyclic) bond motifs is 1. The molecule has 2 heterocycles. The average molecular weight is 308 g/mol. The van der Waals surface area contributed by atoms with Crippen molar-refractivity contribution >= 4 is 17.5 Å². The average Bonchev–Trinajstić information content (AvgIpc) is 2.96.